The van der Waals surface area contributed by atoms with Crippen LogP contribution in [0.25, 0.3) is 0 Å². The number of thiazole rings is 1. The summed E-state index contributed by atoms with van der Waals surface area (Å²) < 4.78 is 5.39. The standard InChI is InChI=1S/C17H19N3O5S2/c21-6-5-12-10-27-16(18-12)15-7-14(26)8-19(15)17(22)25-9-11-1-3-13(4-2-11)20(23)24/h1-4,10,14-15,21,26H,5-9H2/t14-,15-/m0/s1. The number of aliphatic hydroxyl groups is 1. The number of aliphatic hydroxyl groups excluding tert-OH is 1. The Kier molecular flexibility index (Phi) is 6.30. The minimum absolute atomic E-state index is 0.00921. The van der Waals surface area contributed by atoms with Crippen molar-refractivity contribution in [3.05, 3.63) is 56.0 Å². The highest BCUT2D eigenvalue weighted by Crippen LogP contribution is 2.36. The summed E-state index contributed by atoms with van der Waals surface area (Å²) in [6.07, 6.45) is 0.703. The molecule has 0 radical (unpaired) electrons. The molecule has 2 heterocycles. The van der Waals surface area contributed by atoms with Crippen LogP contribution in [-0.4, -0.2) is 44.4 Å². The van der Waals surface area contributed by atoms with E-state index in [1.165, 1.54) is 23.5 Å². The first-order valence-electron chi connectivity index (χ1n) is 8.38. The fraction of sp³-hybridized carbons (Fsp3) is 0.412. The molecule has 0 saturated carbocycles. The van der Waals surface area contributed by atoms with Crippen LogP contribution in [0.3, 0.4) is 0 Å². The lowest BCUT2D eigenvalue weighted by Gasteiger charge is -2.22. The van der Waals surface area contributed by atoms with Gasteiger partial charge in [-0.1, -0.05) is 0 Å². The number of nitrogens with zero attached hydrogens (tertiary/aromatic N) is 3. The number of carbonyl (C=O) groups is 1. The average molecular weight is 409 g/mol. The third-order valence-corrected chi connectivity index (χ3v) is 5.61. The van der Waals surface area contributed by atoms with E-state index in [1.54, 1.807) is 17.0 Å². The molecule has 0 aliphatic carbocycles. The minimum Gasteiger partial charge on any atom is -0.445 e. The number of rotatable bonds is 6. The summed E-state index contributed by atoms with van der Waals surface area (Å²) in [4.78, 5) is 28.9. The number of aromatic nitrogens is 1. The van der Waals surface area contributed by atoms with Crippen molar-refractivity contribution in [2.24, 2.45) is 0 Å². The lowest BCUT2D eigenvalue weighted by atomic mass is 10.2. The van der Waals surface area contributed by atoms with Gasteiger partial charge in [0.1, 0.15) is 11.6 Å². The molecule has 0 bridgehead atoms. The van der Waals surface area contributed by atoms with E-state index >= 15 is 0 Å². The molecule has 3 rings (SSSR count). The first-order valence-corrected chi connectivity index (χ1v) is 9.77. The number of nitro groups is 1. The highest BCUT2D eigenvalue weighted by Gasteiger charge is 2.37. The van der Waals surface area contributed by atoms with Gasteiger partial charge in [0.05, 0.1) is 16.7 Å². The van der Waals surface area contributed by atoms with E-state index in [1.807, 2.05) is 5.38 Å². The number of thiol groups is 1. The van der Waals surface area contributed by atoms with Crippen LogP contribution in [0.2, 0.25) is 0 Å². The monoisotopic (exact) mass is 409 g/mol. The maximum absolute atomic E-state index is 12.6. The Hall–Kier alpha value is -2.17. The second kappa shape index (κ2) is 8.68. The zero-order chi connectivity index (χ0) is 19.4. The molecule has 1 aromatic heterocycles. The molecule has 144 valence electrons. The molecule has 2 atom stereocenters. The summed E-state index contributed by atoms with van der Waals surface area (Å²) >= 11 is 5.96. The zero-order valence-corrected chi connectivity index (χ0v) is 16.1. The maximum Gasteiger partial charge on any atom is 0.410 e. The molecule has 1 amide bonds. The van der Waals surface area contributed by atoms with Crippen LogP contribution < -0.4 is 0 Å². The summed E-state index contributed by atoms with van der Waals surface area (Å²) in [5, 5.41) is 22.4. The fourth-order valence-electron chi connectivity index (χ4n) is 2.90. The predicted molar refractivity (Wildman–Crippen MR) is 103 cm³/mol. The normalized spacial score (nSPS) is 19.3. The third kappa shape index (κ3) is 4.76. The number of benzene rings is 1. The topological polar surface area (TPSA) is 106 Å². The van der Waals surface area contributed by atoms with Gasteiger partial charge in [0.15, 0.2) is 0 Å². The quantitative estimate of drug-likeness (QED) is 0.432. The molecular formula is C17H19N3O5S2. The summed E-state index contributed by atoms with van der Waals surface area (Å²) in [5.41, 5.74) is 1.47. The fourth-order valence-corrected chi connectivity index (χ4v) is 4.25. The Balaban J connectivity index is 1.63. The second-order valence-electron chi connectivity index (χ2n) is 6.19. The Morgan fingerprint density at radius 1 is 1.44 bits per heavy atom. The lowest BCUT2D eigenvalue weighted by molar-refractivity contribution is -0.384. The van der Waals surface area contributed by atoms with Gasteiger partial charge >= 0.3 is 6.09 Å². The van der Waals surface area contributed by atoms with Crippen LogP contribution in [-0.2, 0) is 17.8 Å². The molecule has 0 spiro atoms. The van der Waals surface area contributed by atoms with Crippen LogP contribution in [0.15, 0.2) is 29.6 Å². The van der Waals surface area contributed by atoms with Crippen molar-refractivity contribution >= 4 is 35.7 Å². The number of carbonyl (C=O) groups excluding carboxylic acids is 1. The molecule has 1 aliphatic rings. The second-order valence-corrected chi connectivity index (χ2v) is 7.81. The van der Waals surface area contributed by atoms with Crippen LogP contribution in [0.5, 0.6) is 0 Å². The number of likely N-dealkylation sites (tertiary alicyclic amines) is 1. The molecule has 27 heavy (non-hydrogen) atoms. The van der Waals surface area contributed by atoms with E-state index in [0.717, 1.165) is 10.7 Å². The number of amides is 1. The van der Waals surface area contributed by atoms with Gasteiger partial charge in [-0.3, -0.25) is 15.0 Å². The van der Waals surface area contributed by atoms with Gasteiger partial charge in [-0.2, -0.15) is 12.6 Å². The Morgan fingerprint density at radius 2 is 2.19 bits per heavy atom. The number of nitro benzene ring substituents is 1. The van der Waals surface area contributed by atoms with Crippen molar-refractivity contribution in [3.63, 3.8) is 0 Å². The lowest BCUT2D eigenvalue weighted by Crippen LogP contribution is -2.31. The van der Waals surface area contributed by atoms with E-state index in [4.69, 9.17) is 9.84 Å². The molecule has 0 unspecified atom stereocenters. The van der Waals surface area contributed by atoms with Gasteiger partial charge in [-0.25, -0.2) is 9.78 Å². The summed E-state index contributed by atoms with van der Waals surface area (Å²) in [6.45, 7) is 0.525. The van der Waals surface area contributed by atoms with Gasteiger partial charge in [-0.15, -0.1) is 11.3 Å². The Bertz CT molecular complexity index is 811. The Labute approximate surface area is 165 Å². The Morgan fingerprint density at radius 3 is 2.85 bits per heavy atom. The molecule has 8 nitrogen and oxygen atoms in total. The van der Waals surface area contributed by atoms with Crippen LogP contribution in [0.4, 0.5) is 10.5 Å². The van der Waals surface area contributed by atoms with Crippen LogP contribution in [0, 0.1) is 10.1 Å². The smallest absolute Gasteiger partial charge is 0.410 e. The van der Waals surface area contributed by atoms with Crippen molar-refractivity contribution in [2.75, 3.05) is 13.2 Å². The highest BCUT2D eigenvalue weighted by molar-refractivity contribution is 7.81. The van der Waals surface area contributed by atoms with E-state index in [-0.39, 0.29) is 30.2 Å². The van der Waals surface area contributed by atoms with Crippen molar-refractivity contribution in [1.29, 1.82) is 0 Å². The van der Waals surface area contributed by atoms with Gasteiger partial charge in [0, 0.05) is 42.3 Å². The van der Waals surface area contributed by atoms with E-state index in [2.05, 4.69) is 17.6 Å². The molecule has 1 fully saturated rings. The van der Waals surface area contributed by atoms with Crippen LogP contribution >= 0.6 is 24.0 Å². The number of ether oxygens (including phenoxy) is 1. The highest BCUT2D eigenvalue weighted by atomic mass is 32.1. The van der Waals surface area contributed by atoms with Crippen molar-refractivity contribution in [3.8, 4) is 0 Å². The number of non-ortho nitro benzene ring substituents is 1. The van der Waals surface area contributed by atoms with E-state index in [9.17, 15) is 14.9 Å². The van der Waals surface area contributed by atoms with Crippen molar-refractivity contribution in [2.45, 2.75) is 30.7 Å². The molecule has 10 heteroatoms. The van der Waals surface area contributed by atoms with E-state index < -0.39 is 11.0 Å². The van der Waals surface area contributed by atoms with Crippen molar-refractivity contribution in [1.82, 2.24) is 9.88 Å². The van der Waals surface area contributed by atoms with Gasteiger partial charge in [0.2, 0.25) is 0 Å². The summed E-state index contributed by atoms with van der Waals surface area (Å²) in [5.74, 6) is 0. The molecular weight excluding hydrogens is 390 g/mol. The predicted octanol–water partition coefficient (Wildman–Crippen LogP) is 2.97. The van der Waals surface area contributed by atoms with Crippen molar-refractivity contribution < 1.29 is 19.6 Å². The van der Waals surface area contributed by atoms with Gasteiger partial charge in [0.25, 0.3) is 5.69 Å². The minimum atomic E-state index is -0.476. The van der Waals surface area contributed by atoms with Crippen LogP contribution in [0.1, 0.15) is 28.7 Å². The third-order valence-electron chi connectivity index (χ3n) is 4.25. The van der Waals surface area contributed by atoms with Gasteiger partial charge < -0.3 is 9.84 Å². The number of hydrogen-bond acceptors (Lipinski definition) is 8. The van der Waals surface area contributed by atoms with Gasteiger partial charge in [-0.05, 0) is 24.1 Å². The molecule has 1 aliphatic heterocycles. The molecule has 2 aromatic rings. The average Bonchev–Trinajstić information content (AvgIpc) is 3.27. The zero-order valence-electron chi connectivity index (χ0n) is 14.4. The maximum atomic E-state index is 12.6. The SMILES string of the molecule is O=C(OCc1ccc([N+](=O)[O-])cc1)N1C[C@@H](S)C[C@H]1c1nc(CCO)cs1. The first kappa shape index (κ1) is 19.6. The molecule has 1 saturated heterocycles. The number of hydrogen-bond donors (Lipinski definition) is 2. The summed E-state index contributed by atoms with van der Waals surface area (Å²) in [7, 11) is 0. The largest absolute Gasteiger partial charge is 0.445 e. The molecule has 1 aromatic carbocycles. The molecule has 1 N–H and O–H groups in total. The summed E-state index contributed by atoms with van der Waals surface area (Å²) in [6, 6.07) is 5.69. The van der Waals surface area contributed by atoms with E-state index in [0.29, 0.717) is 24.9 Å². The first-order chi connectivity index (χ1) is 13.0.